The van der Waals surface area contributed by atoms with E-state index in [2.05, 4.69) is 62.9 Å². The second kappa shape index (κ2) is 5.28. The lowest BCUT2D eigenvalue weighted by atomic mass is 9.74. The number of rotatable bonds is 2. The van der Waals surface area contributed by atoms with E-state index in [0.29, 0.717) is 10.8 Å². The van der Waals surface area contributed by atoms with Crippen molar-refractivity contribution in [1.82, 2.24) is 4.90 Å². The van der Waals surface area contributed by atoms with Crippen molar-refractivity contribution >= 4 is 5.57 Å². The van der Waals surface area contributed by atoms with Crippen LogP contribution in [0.25, 0.3) is 5.57 Å². The van der Waals surface area contributed by atoms with Crippen LogP contribution in [0.15, 0.2) is 30.3 Å². The Labute approximate surface area is 130 Å². The number of piperidine rings is 1. The number of allylic oxidation sites excluding steroid dienone is 2. The topological polar surface area (TPSA) is 3.24 Å². The number of nitrogens with zero attached hydrogens (tertiary/aromatic N) is 1. The van der Waals surface area contributed by atoms with Crippen LogP contribution in [-0.2, 0) is 5.41 Å². The summed E-state index contributed by atoms with van der Waals surface area (Å²) in [7, 11) is 0. The molecule has 3 rings (SSSR count). The lowest BCUT2D eigenvalue weighted by Gasteiger charge is -2.40. The number of fused-ring (bicyclic) bond motifs is 2. The lowest BCUT2D eigenvalue weighted by molar-refractivity contribution is 0.163. The summed E-state index contributed by atoms with van der Waals surface area (Å²) < 4.78 is 0. The molecule has 1 saturated heterocycles. The van der Waals surface area contributed by atoms with Crippen molar-refractivity contribution < 1.29 is 0 Å². The second-order valence-electron chi connectivity index (χ2n) is 8.18. The molecule has 0 atom stereocenters. The molecule has 1 aliphatic carbocycles. The van der Waals surface area contributed by atoms with Crippen LogP contribution in [0.1, 0.15) is 58.1 Å². The predicted molar refractivity (Wildman–Crippen MR) is 91.5 cm³/mol. The molecule has 0 amide bonds. The Hall–Kier alpha value is -1.08. The Morgan fingerprint density at radius 1 is 1.10 bits per heavy atom. The molecule has 1 fully saturated rings. The number of benzene rings is 1. The van der Waals surface area contributed by atoms with E-state index in [0.717, 1.165) is 0 Å². The third kappa shape index (κ3) is 2.94. The van der Waals surface area contributed by atoms with E-state index in [4.69, 9.17) is 0 Å². The Morgan fingerprint density at radius 2 is 1.76 bits per heavy atom. The molecule has 1 heteroatoms. The van der Waals surface area contributed by atoms with E-state index >= 15 is 0 Å². The average molecular weight is 283 g/mol. The van der Waals surface area contributed by atoms with Gasteiger partial charge in [-0.2, -0.15) is 0 Å². The van der Waals surface area contributed by atoms with Crippen molar-refractivity contribution in [3.63, 3.8) is 0 Å². The van der Waals surface area contributed by atoms with Gasteiger partial charge in [0.15, 0.2) is 0 Å². The molecule has 2 aliphatic rings. The number of hydrogen-bond acceptors (Lipinski definition) is 1. The molecule has 1 spiro atoms. The minimum Gasteiger partial charge on any atom is -0.303 e. The highest BCUT2D eigenvalue weighted by Gasteiger charge is 2.39. The van der Waals surface area contributed by atoms with Crippen LogP contribution in [0.3, 0.4) is 0 Å². The molecule has 1 nitrogen and oxygen atoms in total. The summed E-state index contributed by atoms with van der Waals surface area (Å²) in [6.07, 6.45) is 6.42. The molecule has 0 aromatic heterocycles. The van der Waals surface area contributed by atoms with Crippen molar-refractivity contribution in [3.05, 3.63) is 41.5 Å². The molecule has 1 heterocycles. The standard InChI is InChI=1S/C20H29N/c1-16-15-20(18-8-6-5-7-17(16)18)10-13-21(14-11-20)12-9-19(2,3)4/h5-8,15H,9-14H2,1-4H3. The van der Waals surface area contributed by atoms with Crippen molar-refractivity contribution in [2.45, 2.75) is 52.4 Å². The highest BCUT2D eigenvalue weighted by Crippen LogP contribution is 2.46. The molecule has 0 saturated carbocycles. The van der Waals surface area contributed by atoms with Gasteiger partial charge in [0, 0.05) is 5.41 Å². The van der Waals surface area contributed by atoms with Crippen LogP contribution in [-0.4, -0.2) is 24.5 Å². The molecular formula is C20H29N. The van der Waals surface area contributed by atoms with E-state index in [1.807, 2.05) is 0 Å². The summed E-state index contributed by atoms with van der Waals surface area (Å²) in [6.45, 7) is 13.1. The van der Waals surface area contributed by atoms with Gasteiger partial charge in [-0.25, -0.2) is 0 Å². The van der Waals surface area contributed by atoms with E-state index in [9.17, 15) is 0 Å². The van der Waals surface area contributed by atoms with Crippen molar-refractivity contribution in [2.24, 2.45) is 5.41 Å². The SMILES string of the molecule is CC1=CC2(CCN(CCC(C)(C)C)CC2)c2ccccc21. The second-order valence-corrected chi connectivity index (χ2v) is 8.18. The zero-order valence-corrected chi connectivity index (χ0v) is 14.1. The van der Waals surface area contributed by atoms with Gasteiger partial charge in [0.25, 0.3) is 0 Å². The van der Waals surface area contributed by atoms with Gasteiger partial charge in [-0.3, -0.25) is 0 Å². The summed E-state index contributed by atoms with van der Waals surface area (Å²) in [5.74, 6) is 0. The van der Waals surface area contributed by atoms with Crippen LogP contribution in [0.4, 0.5) is 0 Å². The van der Waals surface area contributed by atoms with Gasteiger partial charge in [-0.15, -0.1) is 0 Å². The van der Waals surface area contributed by atoms with E-state index in [1.54, 1.807) is 5.56 Å². The minimum atomic E-state index is 0.332. The zero-order valence-electron chi connectivity index (χ0n) is 14.1. The van der Waals surface area contributed by atoms with Crippen LogP contribution < -0.4 is 0 Å². The highest BCUT2D eigenvalue weighted by atomic mass is 15.1. The van der Waals surface area contributed by atoms with Gasteiger partial charge in [-0.1, -0.05) is 51.1 Å². The molecule has 21 heavy (non-hydrogen) atoms. The Morgan fingerprint density at radius 3 is 2.43 bits per heavy atom. The molecule has 1 aromatic carbocycles. The molecule has 0 radical (unpaired) electrons. The quantitative estimate of drug-likeness (QED) is 0.748. The number of likely N-dealkylation sites (tertiary alicyclic amines) is 1. The first-order valence-corrected chi connectivity index (χ1v) is 8.41. The minimum absolute atomic E-state index is 0.332. The van der Waals surface area contributed by atoms with Gasteiger partial charge < -0.3 is 4.90 Å². The third-order valence-electron chi connectivity index (χ3n) is 5.31. The summed E-state index contributed by atoms with van der Waals surface area (Å²) in [5.41, 5.74) is 5.33. The van der Waals surface area contributed by atoms with Crippen molar-refractivity contribution in [1.29, 1.82) is 0 Å². The Balaban J connectivity index is 1.69. The fraction of sp³-hybridized carbons (Fsp3) is 0.600. The highest BCUT2D eigenvalue weighted by molar-refractivity contribution is 5.75. The van der Waals surface area contributed by atoms with Crippen molar-refractivity contribution in [3.8, 4) is 0 Å². The zero-order chi connectivity index (χ0) is 15.1. The van der Waals surface area contributed by atoms with Crippen molar-refractivity contribution in [2.75, 3.05) is 19.6 Å². The molecule has 1 aromatic rings. The fourth-order valence-electron chi connectivity index (χ4n) is 3.91. The predicted octanol–water partition coefficient (Wildman–Crippen LogP) is 4.87. The monoisotopic (exact) mass is 283 g/mol. The third-order valence-corrected chi connectivity index (χ3v) is 5.31. The summed E-state index contributed by atoms with van der Waals surface area (Å²) in [6, 6.07) is 9.03. The van der Waals surface area contributed by atoms with Crippen LogP contribution >= 0.6 is 0 Å². The molecule has 0 unspecified atom stereocenters. The summed E-state index contributed by atoms with van der Waals surface area (Å²) in [5, 5.41) is 0. The lowest BCUT2D eigenvalue weighted by Crippen LogP contribution is -2.42. The summed E-state index contributed by atoms with van der Waals surface area (Å²) >= 11 is 0. The van der Waals surface area contributed by atoms with E-state index in [1.165, 1.54) is 50.0 Å². The maximum absolute atomic E-state index is 2.67. The van der Waals surface area contributed by atoms with Gasteiger partial charge in [0.2, 0.25) is 0 Å². The Kier molecular flexibility index (Phi) is 3.73. The first kappa shape index (κ1) is 14.8. The fourth-order valence-corrected chi connectivity index (χ4v) is 3.91. The largest absolute Gasteiger partial charge is 0.303 e. The van der Waals surface area contributed by atoms with E-state index in [-0.39, 0.29) is 0 Å². The van der Waals surface area contributed by atoms with Gasteiger partial charge in [-0.05, 0) is 67.9 Å². The first-order chi connectivity index (χ1) is 9.90. The molecule has 0 N–H and O–H groups in total. The van der Waals surface area contributed by atoms with Gasteiger partial charge >= 0.3 is 0 Å². The van der Waals surface area contributed by atoms with Gasteiger partial charge in [0.1, 0.15) is 0 Å². The normalized spacial score (nSPS) is 21.4. The first-order valence-electron chi connectivity index (χ1n) is 8.41. The number of hydrogen-bond donors (Lipinski definition) is 0. The molecule has 0 bridgehead atoms. The summed E-state index contributed by atoms with van der Waals surface area (Å²) in [4.78, 5) is 2.67. The average Bonchev–Trinajstić information content (AvgIpc) is 2.71. The smallest absolute Gasteiger partial charge is 0.0168 e. The maximum Gasteiger partial charge on any atom is 0.0168 e. The van der Waals surface area contributed by atoms with Crippen LogP contribution in [0.5, 0.6) is 0 Å². The molecule has 114 valence electrons. The van der Waals surface area contributed by atoms with E-state index < -0.39 is 0 Å². The molecule has 1 aliphatic heterocycles. The van der Waals surface area contributed by atoms with Crippen LogP contribution in [0, 0.1) is 5.41 Å². The van der Waals surface area contributed by atoms with Crippen LogP contribution in [0.2, 0.25) is 0 Å². The van der Waals surface area contributed by atoms with Gasteiger partial charge in [0.05, 0.1) is 0 Å². The molecular weight excluding hydrogens is 254 g/mol. The maximum atomic E-state index is 2.67. The Bertz CT molecular complexity index is 539.